The smallest absolute Gasteiger partial charge is 0.187 e. The average Bonchev–Trinajstić information content (AvgIpc) is 2.86. The molecule has 2 saturated heterocycles. The van der Waals surface area contributed by atoms with Crippen LogP contribution in [0.1, 0.15) is 61.5 Å². The zero-order valence-electron chi connectivity index (χ0n) is 21.0. The molecular formula is C30H38O5. The summed E-state index contributed by atoms with van der Waals surface area (Å²) in [4.78, 5) is 0. The molecule has 2 aromatic rings. The second-order valence-electron chi connectivity index (χ2n) is 9.86. The van der Waals surface area contributed by atoms with Crippen molar-refractivity contribution in [3.8, 4) is 0 Å². The molecule has 188 valence electrons. The summed E-state index contributed by atoms with van der Waals surface area (Å²) in [5.74, 6) is 0. The van der Waals surface area contributed by atoms with Crippen molar-refractivity contribution in [3.05, 3.63) is 83.9 Å². The quantitative estimate of drug-likeness (QED) is 0.287. The Bertz CT molecular complexity index is 867. The van der Waals surface area contributed by atoms with Crippen LogP contribution in [0.3, 0.4) is 0 Å². The zero-order valence-corrected chi connectivity index (χ0v) is 21.0. The van der Waals surface area contributed by atoms with Crippen LogP contribution in [0.4, 0.5) is 0 Å². The van der Waals surface area contributed by atoms with Crippen LogP contribution in [0, 0.1) is 10.8 Å². The molecule has 2 fully saturated rings. The van der Waals surface area contributed by atoms with E-state index in [4.69, 9.17) is 23.7 Å². The number of rotatable bonds is 14. The monoisotopic (exact) mass is 478 g/mol. The standard InChI is InChI=1S/C30H38O5/c1-5-23-9-13-25(14-10-23)27(33-21-29(7-3)17-31-18-29)35-28(26-15-11-24(6-2)12-16-26)34-22-30(8-4)19-32-20-30/h5-6,9-16,27-28H,1-2,7-8,17-22H2,3-4H3. The molecule has 2 aliphatic heterocycles. The van der Waals surface area contributed by atoms with Crippen LogP contribution in [-0.2, 0) is 23.7 Å². The van der Waals surface area contributed by atoms with E-state index in [9.17, 15) is 0 Å². The zero-order chi connectivity index (χ0) is 24.7. The summed E-state index contributed by atoms with van der Waals surface area (Å²) < 4.78 is 30.5. The lowest BCUT2D eigenvalue weighted by atomic mass is 9.84. The van der Waals surface area contributed by atoms with Gasteiger partial charge in [0.05, 0.1) is 39.6 Å². The molecule has 2 atom stereocenters. The lowest BCUT2D eigenvalue weighted by Gasteiger charge is -2.42. The average molecular weight is 479 g/mol. The predicted octanol–water partition coefficient (Wildman–Crippen LogP) is 6.57. The van der Waals surface area contributed by atoms with Gasteiger partial charge in [-0.05, 0) is 24.0 Å². The van der Waals surface area contributed by atoms with E-state index in [1.165, 1.54) is 0 Å². The summed E-state index contributed by atoms with van der Waals surface area (Å²) in [5.41, 5.74) is 4.06. The Morgan fingerprint density at radius 3 is 1.34 bits per heavy atom. The molecule has 0 radical (unpaired) electrons. The van der Waals surface area contributed by atoms with Gasteiger partial charge in [0.15, 0.2) is 12.6 Å². The Balaban J connectivity index is 1.57. The third-order valence-corrected chi connectivity index (χ3v) is 7.35. The second kappa shape index (κ2) is 11.6. The maximum Gasteiger partial charge on any atom is 0.187 e. The molecule has 0 bridgehead atoms. The molecular weight excluding hydrogens is 440 g/mol. The highest BCUT2D eigenvalue weighted by atomic mass is 16.8. The van der Waals surface area contributed by atoms with Gasteiger partial charge in [0.1, 0.15) is 0 Å². The van der Waals surface area contributed by atoms with Gasteiger partial charge in [0, 0.05) is 22.0 Å². The first kappa shape index (κ1) is 25.8. The predicted molar refractivity (Wildman–Crippen MR) is 139 cm³/mol. The summed E-state index contributed by atoms with van der Waals surface area (Å²) in [7, 11) is 0. The van der Waals surface area contributed by atoms with E-state index < -0.39 is 12.6 Å². The minimum Gasteiger partial charge on any atom is -0.380 e. The summed E-state index contributed by atoms with van der Waals surface area (Å²) in [6.07, 6.45) is 4.48. The van der Waals surface area contributed by atoms with Gasteiger partial charge < -0.3 is 23.7 Å². The fourth-order valence-corrected chi connectivity index (χ4v) is 4.18. The Hall–Kier alpha value is -2.28. The van der Waals surface area contributed by atoms with Crippen LogP contribution in [0.2, 0.25) is 0 Å². The third kappa shape index (κ3) is 6.11. The molecule has 5 heteroatoms. The lowest BCUT2D eigenvalue weighted by Crippen LogP contribution is -2.46. The summed E-state index contributed by atoms with van der Waals surface area (Å²) >= 11 is 0. The Kier molecular flexibility index (Phi) is 8.58. The van der Waals surface area contributed by atoms with Gasteiger partial charge in [-0.25, -0.2) is 0 Å². The minimum absolute atomic E-state index is 0.0418. The molecule has 0 N–H and O–H groups in total. The molecule has 2 aromatic carbocycles. The first-order valence-electron chi connectivity index (χ1n) is 12.5. The van der Waals surface area contributed by atoms with Gasteiger partial charge >= 0.3 is 0 Å². The largest absolute Gasteiger partial charge is 0.380 e. The molecule has 35 heavy (non-hydrogen) atoms. The molecule has 2 unspecified atom stereocenters. The van der Waals surface area contributed by atoms with Crippen LogP contribution < -0.4 is 0 Å². The molecule has 0 aromatic heterocycles. The van der Waals surface area contributed by atoms with Crippen molar-refractivity contribution in [2.75, 3.05) is 39.6 Å². The van der Waals surface area contributed by atoms with Gasteiger partial charge in [0.2, 0.25) is 0 Å². The Morgan fingerprint density at radius 1 is 0.714 bits per heavy atom. The first-order valence-corrected chi connectivity index (χ1v) is 12.5. The maximum absolute atomic E-state index is 6.61. The van der Waals surface area contributed by atoms with Crippen LogP contribution >= 0.6 is 0 Å². The van der Waals surface area contributed by atoms with Gasteiger partial charge in [0.25, 0.3) is 0 Å². The molecule has 0 aliphatic carbocycles. The number of hydrogen-bond donors (Lipinski definition) is 0. The highest BCUT2D eigenvalue weighted by molar-refractivity contribution is 5.48. The van der Waals surface area contributed by atoms with Crippen molar-refractivity contribution >= 4 is 12.2 Å². The van der Waals surface area contributed by atoms with Gasteiger partial charge in [-0.1, -0.05) is 87.7 Å². The molecule has 0 amide bonds. The molecule has 0 saturated carbocycles. The van der Waals surface area contributed by atoms with Gasteiger partial charge in [-0.3, -0.25) is 0 Å². The Morgan fingerprint density at radius 2 is 1.09 bits per heavy atom. The van der Waals surface area contributed by atoms with Gasteiger partial charge in [-0.2, -0.15) is 0 Å². The van der Waals surface area contributed by atoms with E-state index in [0.717, 1.165) is 35.1 Å². The molecule has 4 rings (SSSR count). The van der Waals surface area contributed by atoms with Crippen molar-refractivity contribution in [2.24, 2.45) is 10.8 Å². The molecule has 2 aliphatic rings. The van der Waals surface area contributed by atoms with Crippen molar-refractivity contribution in [1.82, 2.24) is 0 Å². The van der Waals surface area contributed by atoms with E-state index in [1.807, 2.05) is 60.7 Å². The van der Waals surface area contributed by atoms with Crippen LogP contribution in [0.15, 0.2) is 61.7 Å². The highest BCUT2D eigenvalue weighted by Crippen LogP contribution is 2.38. The van der Waals surface area contributed by atoms with E-state index >= 15 is 0 Å². The number of benzene rings is 2. The van der Waals surface area contributed by atoms with Crippen molar-refractivity contribution < 1.29 is 23.7 Å². The maximum atomic E-state index is 6.61. The fourth-order valence-electron chi connectivity index (χ4n) is 4.18. The summed E-state index contributed by atoms with van der Waals surface area (Å²) in [6, 6.07) is 16.2. The fraction of sp³-hybridized carbons (Fsp3) is 0.467. The van der Waals surface area contributed by atoms with Crippen molar-refractivity contribution in [1.29, 1.82) is 0 Å². The summed E-state index contributed by atoms with van der Waals surface area (Å²) in [5, 5.41) is 0. The lowest BCUT2D eigenvalue weighted by molar-refractivity contribution is -0.287. The van der Waals surface area contributed by atoms with Gasteiger partial charge in [-0.15, -0.1) is 0 Å². The number of hydrogen-bond acceptors (Lipinski definition) is 5. The van der Waals surface area contributed by atoms with Crippen LogP contribution in [0.25, 0.3) is 12.2 Å². The van der Waals surface area contributed by atoms with Crippen molar-refractivity contribution in [3.63, 3.8) is 0 Å². The van der Waals surface area contributed by atoms with E-state index in [-0.39, 0.29) is 10.8 Å². The SMILES string of the molecule is C=Cc1ccc(C(OCC2(CC)COC2)OC(OCC2(CC)COC2)c2ccc(C=C)cc2)cc1. The Labute approximate surface area is 209 Å². The summed E-state index contributed by atoms with van der Waals surface area (Å²) in [6.45, 7) is 16.1. The van der Waals surface area contributed by atoms with E-state index in [0.29, 0.717) is 39.6 Å². The van der Waals surface area contributed by atoms with E-state index in [2.05, 4.69) is 27.0 Å². The normalized spacial score (nSPS) is 19.7. The molecule has 2 heterocycles. The van der Waals surface area contributed by atoms with Crippen LogP contribution in [0.5, 0.6) is 0 Å². The minimum atomic E-state index is -0.586. The first-order chi connectivity index (χ1) is 17.0. The highest BCUT2D eigenvalue weighted by Gasteiger charge is 2.40. The molecule has 5 nitrogen and oxygen atoms in total. The second-order valence-corrected chi connectivity index (χ2v) is 9.86. The molecule has 0 spiro atoms. The van der Waals surface area contributed by atoms with Crippen molar-refractivity contribution in [2.45, 2.75) is 39.3 Å². The van der Waals surface area contributed by atoms with E-state index in [1.54, 1.807) is 0 Å². The number of ether oxygens (including phenoxy) is 5. The topological polar surface area (TPSA) is 46.2 Å². The van der Waals surface area contributed by atoms with Crippen LogP contribution in [-0.4, -0.2) is 39.6 Å². The third-order valence-electron chi connectivity index (χ3n) is 7.35.